The van der Waals surface area contributed by atoms with Gasteiger partial charge in [-0.2, -0.15) is 0 Å². The highest BCUT2D eigenvalue weighted by Gasteiger charge is 2.29. The summed E-state index contributed by atoms with van der Waals surface area (Å²) in [4.78, 5) is 18.6. The normalized spacial score (nSPS) is 21.3. The van der Waals surface area contributed by atoms with Gasteiger partial charge < -0.3 is 39.3 Å². The number of piperidine rings is 1. The average Bonchev–Trinajstić information content (AvgIpc) is 3.76. The van der Waals surface area contributed by atoms with Gasteiger partial charge in [0.2, 0.25) is 0 Å². The van der Waals surface area contributed by atoms with E-state index in [0.29, 0.717) is 62.4 Å². The average molecular weight is 750 g/mol. The molecule has 6 rings (SSSR count). The Kier molecular flexibility index (Phi) is 13.9. The van der Waals surface area contributed by atoms with Crippen molar-refractivity contribution in [3.05, 3.63) is 75.8 Å². The Labute approximate surface area is 319 Å². The van der Waals surface area contributed by atoms with E-state index in [1.165, 1.54) is 0 Å². The number of carbonyl (C=O) groups is 1. The molecule has 3 N–H and O–H groups in total. The number of ether oxygens (including phenoxy) is 3. The van der Waals surface area contributed by atoms with Crippen LogP contribution in [0.25, 0.3) is 11.1 Å². The summed E-state index contributed by atoms with van der Waals surface area (Å²) in [6, 6.07) is 15.6. The third-order valence-electron chi connectivity index (χ3n) is 11.0. The lowest BCUT2D eigenvalue weighted by molar-refractivity contribution is -0.144. The largest absolute Gasteiger partial charge is 0.493 e. The van der Waals surface area contributed by atoms with E-state index in [4.69, 9.17) is 25.8 Å². The van der Waals surface area contributed by atoms with Crippen LogP contribution in [0.5, 0.6) is 17.2 Å². The van der Waals surface area contributed by atoms with Crippen molar-refractivity contribution in [1.29, 1.82) is 0 Å². The molecule has 3 aliphatic heterocycles. The second-order valence-corrected chi connectivity index (χ2v) is 15.3. The number of aliphatic hydroxyl groups is 2. The smallest absolute Gasteiger partial charge is 0.320 e. The highest BCUT2D eigenvalue weighted by atomic mass is 35.5. The molecule has 288 valence electrons. The number of halogens is 1. The number of β-amino-alcohol motifs (C(OH)–C–C–N with tert-alkyl or cyclic N) is 2. The maximum absolute atomic E-state index is 12.1. The Morgan fingerprint density at radius 2 is 1.40 bits per heavy atom. The van der Waals surface area contributed by atoms with Crippen LogP contribution in [0, 0.1) is 13.8 Å². The highest BCUT2D eigenvalue weighted by Crippen LogP contribution is 2.37. The molecular weight excluding hydrogens is 694 g/mol. The van der Waals surface area contributed by atoms with Gasteiger partial charge in [-0.25, -0.2) is 0 Å². The molecule has 3 aromatic rings. The first kappa shape index (κ1) is 39.3. The van der Waals surface area contributed by atoms with Gasteiger partial charge in [-0.05, 0) is 98.9 Å². The van der Waals surface area contributed by atoms with Crippen LogP contribution in [0.15, 0.2) is 48.5 Å². The molecule has 3 atom stereocenters. The van der Waals surface area contributed by atoms with E-state index in [-0.39, 0.29) is 12.2 Å². The molecule has 53 heavy (non-hydrogen) atoms. The van der Waals surface area contributed by atoms with Gasteiger partial charge in [0.1, 0.15) is 29.9 Å². The highest BCUT2D eigenvalue weighted by molar-refractivity contribution is 6.32. The van der Waals surface area contributed by atoms with Crippen molar-refractivity contribution in [2.75, 3.05) is 59.0 Å². The monoisotopic (exact) mass is 749 g/mol. The van der Waals surface area contributed by atoms with E-state index in [9.17, 15) is 20.1 Å². The van der Waals surface area contributed by atoms with Crippen LogP contribution in [-0.4, -0.2) is 113 Å². The minimum atomic E-state index is -0.798. The van der Waals surface area contributed by atoms with Crippen molar-refractivity contribution < 1.29 is 34.3 Å². The molecule has 3 aromatic carbocycles. The molecule has 3 aliphatic rings. The van der Waals surface area contributed by atoms with Crippen molar-refractivity contribution in [3.8, 4) is 28.4 Å². The lowest BCUT2D eigenvalue weighted by atomic mass is 9.93. The zero-order valence-electron chi connectivity index (χ0n) is 31.3. The Balaban J connectivity index is 1.14. The van der Waals surface area contributed by atoms with E-state index >= 15 is 0 Å². The van der Waals surface area contributed by atoms with E-state index < -0.39 is 12.0 Å². The maximum Gasteiger partial charge on any atom is 0.320 e. The fourth-order valence-corrected chi connectivity index (χ4v) is 8.18. The minimum absolute atomic E-state index is 0.204. The predicted molar refractivity (Wildman–Crippen MR) is 207 cm³/mol. The van der Waals surface area contributed by atoms with Gasteiger partial charge in [0.15, 0.2) is 0 Å². The molecule has 3 saturated heterocycles. The Bertz CT molecular complexity index is 1690. The lowest BCUT2D eigenvalue weighted by Gasteiger charge is -2.33. The molecular formula is C42H56ClN3O7. The number of hydrogen-bond acceptors (Lipinski definition) is 9. The molecule has 0 radical (unpaired) electrons. The molecule has 0 aromatic heterocycles. The van der Waals surface area contributed by atoms with Crippen molar-refractivity contribution >= 4 is 17.6 Å². The quantitative estimate of drug-likeness (QED) is 0.136. The van der Waals surface area contributed by atoms with Crippen molar-refractivity contribution in [3.63, 3.8) is 0 Å². The van der Waals surface area contributed by atoms with E-state index in [2.05, 4.69) is 47.9 Å². The number of rotatable bonds is 17. The zero-order chi connectivity index (χ0) is 37.3. The summed E-state index contributed by atoms with van der Waals surface area (Å²) < 4.78 is 19.0. The topological polar surface area (TPSA) is 115 Å². The van der Waals surface area contributed by atoms with Crippen LogP contribution in [0.1, 0.15) is 67.2 Å². The van der Waals surface area contributed by atoms with Crippen LogP contribution in [0.4, 0.5) is 0 Å². The fraction of sp³-hybridized carbons (Fsp3) is 0.548. The van der Waals surface area contributed by atoms with Crippen LogP contribution < -0.4 is 14.2 Å². The zero-order valence-corrected chi connectivity index (χ0v) is 32.0. The van der Waals surface area contributed by atoms with E-state index in [0.717, 1.165) is 110 Å². The number of likely N-dealkylation sites (tertiary alicyclic amines) is 3. The van der Waals surface area contributed by atoms with Gasteiger partial charge in [-0.1, -0.05) is 48.4 Å². The Morgan fingerprint density at radius 1 is 0.755 bits per heavy atom. The summed E-state index contributed by atoms with van der Waals surface area (Å²) in [6.45, 7) is 11.8. The Hall–Kier alpha value is -3.38. The molecule has 0 amide bonds. The molecule has 3 heterocycles. The molecule has 10 nitrogen and oxygen atoms in total. The Morgan fingerprint density at radius 3 is 2.04 bits per heavy atom. The van der Waals surface area contributed by atoms with Gasteiger partial charge in [0.05, 0.1) is 30.4 Å². The second kappa shape index (κ2) is 18.8. The molecule has 0 unspecified atom stereocenters. The van der Waals surface area contributed by atoms with Crippen molar-refractivity contribution in [2.45, 2.75) is 90.2 Å². The van der Waals surface area contributed by atoms with Gasteiger partial charge in [0.25, 0.3) is 0 Å². The second-order valence-electron chi connectivity index (χ2n) is 14.9. The molecule has 11 heteroatoms. The predicted octanol–water partition coefficient (Wildman–Crippen LogP) is 6.31. The number of carboxylic acids is 1. The number of benzene rings is 3. The third kappa shape index (κ3) is 10.4. The molecule has 0 saturated carbocycles. The fourth-order valence-electron chi connectivity index (χ4n) is 7.94. The summed E-state index contributed by atoms with van der Waals surface area (Å²) in [5.41, 5.74) is 6.31. The minimum Gasteiger partial charge on any atom is -0.493 e. The standard InChI is InChI=1S/C42H56ClN3O7/c1-29-31(9-5-10-35(29)36-11-6-13-39(30(36)2)51-21-7-16-44-19-14-33(47)26-44)28-53-41-24-40(52-22-8-17-45-20-15-34(48)27-45)32(23-37(41)43)25-46-18-4-3-12-38(46)42(49)50/h5-6,9-11,13,23-24,33-34,38,47-48H,3-4,7-8,12,14-22,25-28H2,1-2H3,(H,49,50)/t33-,34-,38+/m1/s1. The summed E-state index contributed by atoms with van der Waals surface area (Å²) >= 11 is 6.87. The first-order valence-electron chi connectivity index (χ1n) is 19.3. The van der Waals surface area contributed by atoms with Crippen LogP contribution in [-0.2, 0) is 17.9 Å². The molecule has 0 bridgehead atoms. The van der Waals surface area contributed by atoms with Crippen LogP contribution in [0.2, 0.25) is 5.02 Å². The number of hydrogen-bond donors (Lipinski definition) is 3. The van der Waals surface area contributed by atoms with Crippen molar-refractivity contribution in [1.82, 2.24) is 14.7 Å². The van der Waals surface area contributed by atoms with Gasteiger partial charge >= 0.3 is 5.97 Å². The summed E-state index contributed by atoms with van der Waals surface area (Å²) in [7, 11) is 0. The van der Waals surface area contributed by atoms with Crippen molar-refractivity contribution in [2.24, 2.45) is 0 Å². The molecule has 3 fully saturated rings. The number of aliphatic carboxylic acids is 1. The molecule has 0 aliphatic carbocycles. The maximum atomic E-state index is 12.1. The van der Waals surface area contributed by atoms with Gasteiger partial charge in [0, 0.05) is 57.4 Å². The third-order valence-corrected chi connectivity index (χ3v) is 11.3. The first-order chi connectivity index (χ1) is 25.7. The first-order valence-corrected chi connectivity index (χ1v) is 19.7. The molecule has 0 spiro atoms. The van der Waals surface area contributed by atoms with Gasteiger partial charge in [-0.3, -0.25) is 9.69 Å². The summed E-state index contributed by atoms with van der Waals surface area (Å²) in [6.07, 6.45) is 5.39. The SMILES string of the molecule is Cc1c(COc2cc(OCCCN3CC[C@@H](O)C3)c(CN3CCCC[C@H]3C(=O)O)cc2Cl)cccc1-c1cccc(OCCCN2CC[C@@H](O)C2)c1C. The van der Waals surface area contributed by atoms with E-state index in [1.54, 1.807) is 0 Å². The number of aliphatic hydroxyl groups excluding tert-OH is 2. The number of carboxylic acid groups (broad SMARTS) is 1. The van der Waals surface area contributed by atoms with Gasteiger partial charge in [-0.15, -0.1) is 0 Å². The summed E-state index contributed by atoms with van der Waals surface area (Å²) in [5, 5.41) is 30.1. The van der Waals surface area contributed by atoms with E-state index in [1.807, 2.05) is 29.2 Å². The summed E-state index contributed by atoms with van der Waals surface area (Å²) in [5.74, 6) is 1.24. The number of nitrogens with zero attached hydrogens (tertiary/aromatic N) is 3. The van der Waals surface area contributed by atoms with Crippen LogP contribution in [0.3, 0.4) is 0 Å². The van der Waals surface area contributed by atoms with Crippen LogP contribution >= 0.6 is 11.6 Å². The lowest BCUT2D eigenvalue weighted by Crippen LogP contribution is -2.44.